The Labute approximate surface area is 165 Å². The Morgan fingerprint density at radius 2 is 1.54 bits per heavy atom. The Morgan fingerprint density at radius 3 is 2.07 bits per heavy atom. The van der Waals surface area contributed by atoms with Gasteiger partial charge >= 0.3 is 0 Å². The van der Waals surface area contributed by atoms with E-state index in [4.69, 9.17) is 4.74 Å². The van der Waals surface area contributed by atoms with Crippen molar-refractivity contribution in [1.29, 1.82) is 0 Å². The maximum atomic E-state index is 12.3. The Morgan fingerprint density at radius 1 is 0.964 bits per heavy atom. The average Bonchev–Trinajstić information content (AvgIpc) is 2.70. The zero-order chi connectivity index (χ0) is 20.7. The molecule has 150 valence electrons. The zero-order valence-corrected chi connectivity index (χ0v) is 17.0. The van der Waals surface area contributed by atoms with E-state index in [0.717, 1.165) is 5.56 Å². The van der Waals surface area contributed by atoms with E-state index in [-0.39, 0.29) is 29.1 Å². The SMILES string of the molecule is COCCS(=O)(=O)c1ccc(C(=O)NCc2ccc(C(=O)N(C)C)cc2)cc1. The summed E-state index contributed by atoms with van der Waals surface area (Å²) in [6, 6.07) is 12.8. The van der Waals surface area contributed by atoms with E-state index in [1.807, 2.05) is 0 Å². The Kier molecular flexibility index (Phi) is 7.31. The number of carbonyl (C=O) groups is 2. The second kappa shape index (κ2) is 9.48. The molecule has 0 saturated carbocycles. The number of methoxy groups -OCH3 is 1. The molecule has 0 fully saturated rings. The lowest BCUT2D eigenvalue weighted by Gasteiger charge is -2.11. The van der Waals surface area contributed by atoms with Crippen LogP contribution in [0.25, 0.3) is 0 Å². The molecule has 2 aromatic rings. The van der Waals surface area contributed by atoms with Crippen LogP contribution in [0.2, 0.25) is 0 Å². The third-order valence-corrected chi connectivity index (χ3v) is 5.79. The summed E-state index contributed by atoms with van der Waals surface area (Å²) >= 11 is 0. The van der Waals surface area contributed by atoms with Gasteiger partial charge in [-0.15, -0.1) is 0 Å². The predicted octanol–water partition coefficient (Wildman–Crippen LogP) is 1.74. The highest BCUT2D eigenvalue weighted by Gasteiger charge is 2.15. The zero-order valence-electron chi connectivity index (χ0n) is 16.1. The lowest BCUT2D eigenvalue weighted by Crippen LogP contribution is -2.23. The number of nitrogens with zero attached hydrogens (tertiary/aromatic N) is 1. The van der Waals surface area contributed by atoms with Crippen molar-refractivity contribution in [2.45, 2.75) is 11.4 Å². The fourth-order valence-corrected chi connectivity index (χ4v) is 3.60. The number of rotatable bonds is 8. The second-order valence-electron chi connectivity index (χ2n) is 6.42. The number of amides is 2. The van der Waals surface area contributed by atoms with E-state index in [9.17, 15) is 18.0 Å². The summed E-state index contributed by atoms with van der Waals surface area (Å²) in [6.45, 7) is 0.409. The van der Waals surface area contributed by atoms with Crippen molar-refractivity contribution >= 4 is 21.7 Å². The third kappa shape index (κ3) is 5.64. The summed E-state index contributed by atoms with van der Waals surface area (Å²) in [5, 5.41) is 2.78. The lowest BCUT2D eigenvalue weighted by atomic mass is 10.1. The van der Waals surface area contributed by atoms with Crippen LogP contribution >= 0.6 is 0 Å². The predicted molar refractivity (Wildman–Crippen MR) is 106 cm³/mol. The molecule has 2 rings (SSSR count). The minimum atomic E-state index is -3.43. The number of carbonyl (C=O) groups excluding carboxylic acids is 2. The van der Waals surface area contributed by atoms with Crippen molar-refractivity contribution in [1.82, 2.24) is 10.2 Å². The first kappa shape index (κ1) is 21.6. The number of nitrogens with one attached hydrogen (secondary N) is 1. The van der Waals surface area contributed by atoms with Gasteiger partial charge in [0, 0.05) is 38.9 Å². The van der Waals surface area contributed by atoms with Gasteiger partial charge in [-0.3, -0.25) is 9.59 Å². The van der Waals surface area contributed by atoms with E-state index in [0.29, 0.717) is 17.7 Å². The molecule has 0 radical (unpaired) electrons. The summed E-state index contributed by atoms with van der Waals surface area (Å²) in [4.78, 5) is 25.8. The second-order valence-corrected chi connectivity index (χ2v) is 8.52. The first-order valence-corrected chi connectivity index (χ1v) is 10.3. The van der Waals surface area contributed by atoms with Gasteiger partial charge in [-0.25, -0.2) is 8.42 Å². The first-order chi connectivity index (χ1) is 13.2. The van der Waals surface area contributed by atoms with Gasteiger partial charge in [-0.1, -0.05) is 12.1 Å². The highest BCUT2D eigenvalue weighted by atomic mass is 32.2. The van der Waals surface area contributed by atoms with Gasteiger partial charge in [0.15, 0.2) is 9.84 Å². The monoisotopic (exact) mass is 404 g/mol. The molecule has 0 aliphatic rings. The molecule has 0 atom stereocenters. The number of ether oxygens (including phenoxy) is 1. The molecule has 28 heavy (non-hydrogen) atoms. The molecular formula is C20H24N2O5S. The highest BCUT2D eigenvalue weighted by Crippen LogP contribution is 2.13. The van der Waals surface area contributed by atoms with Crippen molar-refractivity contribution in [2.75, 3.05) is 33.6 Å². The van der Waals surface area contributed by atoms with E-state index in [1.54, 1.807) is 38.4 Å². The van der Waals surface area contributed by atoms with Crippen molar-refractivity contribution in [2.24, 2.45) is 0 Å². The molecule has 0 saturated heterocycles. The standard InChI is InChI=1S/C20H24N2O5S/c1-22(2)20(24)17-6-4-15(5-7-17)14-21-19(23)16-8-10-18(11-9-16)28(25,26)13-12-27-3/h4-11H,12-14H2,1-3H3,(H,21,23). The maximum absolute atomic E-state index is 12.3. The molecule has 0 aliphatic carbocycles. The summed E-state index contributed by atoms with van der Waals surface area (Å²) in [6.07, 6.45) is 0. The summed E-state index contributed by atoms with van der Waals surface area (Å²) in [5.74, 6) is -0.508. The van der Waals surface area contributed by atoms with Crippen LogP contribution in [0, 0.1) is 0 Å². The molecule has 8 heteroatoms. The molecule has 0 bridgehead atoms. The Bertz CT molecular complexity index is 920. The highest BCUT2D eigenvalue weighted by molar-refractivity contribution is 7.91. The number of sulfone groups is 1. The largest absolute Gasteiger partial charge is 0.384 e. The summed E-state index contributed by atoms with van der Waals surface area (Å²) in [5.41, 5.74) is 1.79. The van der Waals surface area contributed by atoms with Gasteiger partial charge in [-0.2, -0.15) is 0 Å². The van der Waals surface area contributed by atoms with E-state index < -0.39 is 9.84 Å². The van der Waals surface area contributed by atoms with Crippen molar-refractivity contribution in [3.05, 3.63) is 65.2 Å². The summed E-state index contributed by atoms with van der Waals surface area (Å²) < 4.78 is 29.0. The molecule has 0 unspecified atom stereocenters. The van der Waals surface area contributed by atoms with Gasteiger partial charge in [0.25, 0.3) is 11.8 Å². The van der Waals surface area contributed by atoms with Gasteiger partial charge in [0.05, 0.1) is 17.3 Å². The number of hydrogen-bond donors (Lipinski definition) is 1. The van der Waals surface area contributed by atoms with Crippen LogP contribution in [0.4, 0.5) is 0 Å². The average molecular weight is 404 g/mol. The van der Waals surface area contributed by atoms with Crippen LogP contribution < -0.4 is 5.32 Å². The molecule has 2 aromatic carbocycles. The molecule has 0 spiro atoms. The van der Waals surface area contributed by atoms with Crippen LogP contribution in [0.15, 0.2) is 53.4 Å². The van der Waals surface area contributed by atoms with Gasteiger partial charge in [0.1, 0.15) is 0 Å². The molecule has 0 aromatic heterocycles. The minimum Gasteiger partial charge on any atom is -0.384 e. The minimum absolute atomic E-state index is 0.0869. The fourth-order valence-electron chi connectivity index (χ4n) is 2.43. The van der Waals surface area contributed by atoms with Gasteiger partial charge in [-0.05, 0) is 42.0 Å². The third-order valence-electron chi connectivity index (χ3n) is 4.09. The molecule has 7 nitrogen and oxygen atoms in total. The van der Waals surface area contributed by atoms with Crippen LogP contribution in [0.1, 0.15) is 26.3 Å². The van der Waals surface area contributed by atoms with Crippen LogP contribution in [-0.4, -0.2) is 58.7 Å². The lowest BCUT2D eigenvalue weighted by molar-refractivity contribution is 0.0827. The summed E-state index contributed by atoms with van der Waals surface area (Å²) in [7, 11) is 1.39. The molecular weight excluding hydrogens is 380 g/mol. The molecule has 2 amide bonds. The normalized spacial score (nSPS) is 11.1. The molecule has 0 heterocycles. The fraction of sp³-hybridized carbons (Fsp3) is 0.300. The van der Waals surface area contributed by atoms with Gasteiger partial charge in [0.2, 0.25) is 0 Å². The molecule has 0 aliphatic heterocycles. The molecule has 1 N–H and O–H groups in total. The van der Waals surface area contributed by atoms with E-state index in [1.165, 1.54) is 36.3 Å². The van der Waals surface area contributed by atoms with Crippen molar-refractivity contribution in [3.63, 3.8) is 0 Å². The smallest absolute Gasteiger partial charge is 0.253 e. The van der Waals surface area contributed by atoms with E-state index >= 15 is 0 Å². The Balaban J connectivity index is 1.97. The first-order valence-electron chi connectivity index (χ1n) is 8.65. The van der Waals surface area contributed by atoms with E-state index in [2.05, 4.69) is 5.32 Å². The van der Waals surface area contributed by atoms with Crippen molar-refractivity contribution in [3.8, 4) is 0 Å². The van der Waals surface area contributed by atoms with Crippen molar-refractivity contribution < 1.29 is 22.7 Å². The quantitative estimate of drug-likeness (QED) is 0.723. The number of hydrogen-bond acceptors (Lipinski definition) is 5. The van der Waals surface area contributed by atoms with Gasteiger partial charge < -0.3 is 15.0 Å². The van der Waals surface area contributed by atoms with Crippen LogP contribution in [0.3, 0.4) is 0 Å². The Hall–Kier alpha value is -2.71. The topological polar surface area (TPSA) is 92.8 Å². The van der Waals surface area contributed by atoms with Crippen LogP contribution in [0.5, 0.6) is 0 Å². The number of benzene rings is 2. The maximum Gasteiger partial charge on any atom is 0.253 e. The van der Waals surface area contributed by atoms with Crippen LogP contribution in [-0.2, 0) is 21.1 Å².